The van der Waals surface area contributed by atoms with Crippen LogP contribution < -0.4 is 10.1 Å². The minimum Gasteiger partial charge on any atom is -0.477 e. The molecule has 0 bridgehead atoms. The zero-order valence-corrected chi connectivity index (χ0v) is 12.0. The average Bonchev–Trinajstić information content (AvgIpc) is 3.11. The molecule has 0 spiro atoms. The minimum atomic E-state index is -0.0731. The third kappa shape index (κ3) is 2.52. The summed E-state index contributed by atoms with van der Waals surface area (Å²) in [7, 11) is 0. The zero-order valence-electron chi connectivity index (χ0n) is 12.0. The maximum absolute atomic E-state index is 12.3. The first-order chi connectivity index (χ1) is 9.79. The highest BCUT2D eigenvalue weighted by Crippen LogP contribution is 2.22. The Hall–Kier alpha value is -1.56. The van der Waals surface area contributed by atoms with Crippen molar-refractivity contribution in [3.63, 3.8) is 0 Å². The molecule has 1 amide bonds. The number of ether oxygens (including phenoxy) is 1. The van der Waals surface area contributed by atoms with Crippen molar-refractivity contribution in [1.82, 2.24) is 20.0 Å². The Bertz CT molecular complexity index is 486. The Balaban J connectivity index is 1.61. The predicted molar refractivity (Wildman–Crippen MR) is 74.9 cm³/mol. The summed E-state index contributed by atoms with van der Waals surface area (Å²) in [5.41, 5.74) is 0.561. The first kappa shape index (κ1) is 13.4. The van der Waals surface area contributed by atoms with Gasteiger partial charge in [-0.15, -0.1) is 0 Å². The van der Waals surface area contributed by atoms with Gasteiger partial charge in [-0.2, -0.15) is 5.10 Å². The number of nitrogens with one attached hydrogen (secondary N) is 1. The molecule has 0 aromatic carbocycles. The summed E-state index contributed by atoms with van der Waals surface area (Å²) in [6.07, 6.45) is 4.95. The SMILES string of the molecule is CCN1CCCC1CNC(=O)c1cnn2c1OCCC2. The Kier molecular flexibility index (Phi) is 3.91. The van der Waals surface area contributed by atoms with Gasteiger partial charge in [0.15, 0.2) is 0 Å². The van der Waals surface area contributed by atoms with Crippen LogP contribution in [0.4, 0.5) is 0 Å². The highest BCUT2D eigenvalue weighted by Gasteiger charge is 2.25. The number of likely N-dealkylation sites (N-methyl/N-ethyl adjacent to an activating group) is 1. The van der Waals surface area contributed by atoms with E-state index in [-0.39, 0.29) is 5.91 Å². The third-order valence-corrected chi connectivity index (χ3v) is 4.19. The molecule has 110 valence electrons. The van der Waals surface area contributed by atoms with Crippen LogP contribution >= 0.6 is 0 Å². The van der Waals surface area contributed by atoms with E-state index < -0.39 is 0 Å². The van der Waals surface area contributed by atoms with Gasteiger partial charge in [-0.1, -0.05) is 6.92 Å². The van der Waals surface area contributed by atoms with E-state index in [0.29, 0.717) is 30.6 Å². The molecule has 1 atom stereocenters. The van der Waals surface area contributed by atoms with Crippen LogP contribution in [-0.2, 0) is 6.54 Å². The van der Waals surface area contributed by atoms with Crippen LogP contribution in [-0.4, -0.2) is 52.9 Å². The van der Waals surface area contributed by atoms with Crippen molar-refractivity contribution >= 4 is 5.91 Å². The lowest BCUT2D eigenvalue weighted by Crippen LogP contribution is -2.40. The van der Waals surface area contributed by atoms with Crippen LogP contribution in [0.15, 0.2) is 6.20 Å². The van der Waals surface area contributed by atoms with Gasteiger partial charge in [0, 0.05) is 25.6 Å². The summed E-state index contributed by atoms with van der Waals surface area (Å²) in [5.74, 6) is 0.545. The van der Waals surface area contributed by atoms with Crippen molar-refractivity contribution in [1.29, 1.82) is 0 Å². The molecule has 3 heterocycles. The van der Waals surface area contributed by atoms with Gasteiger partial charge in [-0.05, 0) is 25.9 Å². The summed E-state index contributed by atoms with van der Waals surface area (Å²) >= 11 is 0. The second-order valence-corrected chi connectivity index (χ2v) is 5.42. The van der Waals surface area contributed by atoms with Crippen molar-refractivity contribution in [2.45, 2.75) is 38.8 Å². The van der Waals surface area contributed by atoms with Gasteiger partial charge in [0.25, 0.3) is 5.91 Å². The summed E-state index contributed by atoms with van der Waals surface area (Å²) in [6, 6.07) is 0.469. The topological polar surface area (TPSA) is 59.4 Å². The fraction of sp³-hybridized carbons (Fsp3) is 0.714. The second kappa shape index (κ2) is 5.83. The quantitative estimate of drug-likeness (QED) is 0.888. The van der Waals surface area contributed by atoms with Crippen molar-refractivity contribution < 1.29 is 9.53 Å². The number of likely N-dealkylation sites (tertiary alicyclic amines) is 1. The van der Waals surface area contributed by atoms with Gasteiger partial charge in [-0.3, -0.25) is 9.69 Å². The van der Waals surface area contributed by atoms with Gasteiger partial charge in [-0.25, -0.2) is 4.68 Å². The Morgan fingerprint density at radius 2 is 2.40 bits per heavy atom. The number of aromatic nitrogens is 2. The lowest BCUT2D eigenvalue weighted by Gasteiger charge is -2.23. The molecule has 1 saturated heterocycles. The molecule has 1 N–H and O–H groups in total. The summed E-state index contributed by atoms with van der Waals surface area (Å²) in [5, 5.41) is 7.24. The van der Waals surface area contributed by atoms with Gasteiger partial charge in [0.2, 0.25) is 5.88 Å². The second-order valence-electron chi connectivity index (χ2n) is 5.42. The van der Waals surface area contributed by atoms with Crippen LogP contribution in [0.3, 0.4) is 0 Å². The fourth-order valence-electron chi connectivity index (χ4n) is 3.07. The fourth-order valence-corrected chi connectivity index (χ4v) is 3.07. The third-order valence-electron chi connectivity index (χ3n) is 4.19. The Labute approximate surface area is 119 Å². The van der Waals surface area contributed by atoms with E-state index >= 15 is 0 Å². The van der Waals surface area contributed by atoms with Crippen molar-refractivity contribution in [3.05, 3.63) is 11.8 Å². The van der Waals surface area contributed by atoms with Crippen molar-refractivity contribution in [2.75, 3.05) is 26.2 Å². The van der Waals surface area contributed by atoms with Gasteiger partial charge in [0.1, 0.15) is 5.56 Å². The molecule has 1 aromatic heterocycles. The lowest BCUT2D eigenvalue weighted by molar-refractivity contribution is 0.0935. The normalized spacial score (nSPS) is 22.4. The average molecular weight is 278 g/mol. The van der Waals surface area contributed by atoms with Crippen LogP contribution in [0, 0.1) is 0 Å². The first-order valence-corrected chi connectivity index (χ1v) is 7.50. The van der Waals surface area contributed by atoms with E-state index in [1.807, 2.05) is 0 Å². The molecule has 0 aliphatic carbocycles. The van der Waals surface area contributed by atoms with Crippen LogP contribution in [0.5, 0.6) is 5.88 Å². The molecular formula is C14H22N4O2. The minimum absolute atomic E-state index is 0.0731. The van der Waals surface area contributed by atoms with Crippen molar-refractivity contribution in [2.24, 2.45) is 0 Å². The molecule has 1 fully saturated rings. The number of carbonyl (C=O) groups excluding carboxylic acids is 1. The number of hydrogen-bond donors (Lipinski definition) is 1. The van der Waals surface area contributed by atoms with Gasteiger partial charge >= 0.3 is 0 Å². The number of aryl methyl sites for hydroxylation is 1. The summed E-state index contributed by atoms with van der Waals surface area (Å²) < 4.78 is 7.33. The highest BCUT2D eigenvalue weighted by molar-refractivity contribution is 5.96. The molecule has 2 aliphatic rings. The van der Waals surface area contributed by atoms with Crippen LogP contribution in [0.2, 0.25) is 0 Å². The lowest BCUT2D eigenvalue weighted by atomic mass is 10.2. The summed E-state index contributed by atoms with van der Waals surface area (Å²) in [6.45, 7) is 6.56. The number of rotatable bonds is 4. The van der Waals surface area contributed by atoms with Gasteiger partial charge < -0.3 is 10.1 Å². The Morgan fingerprint density at radius 1 is 1.50 bits per heavy atom. The highest BCUT2D eigenvalue weighted by atomic mass is 16.5. The molecule has 2 aliphatic heterocycles. The van der Waals surface area contributed by atoms with Crippen LogP contribution in [0.25, 0.3) is 0 Å². The standard InChI is InChI=1S/C14H22N4O2/c1-2-17-6-3-5-11(17)9-15-13(19)12-10-16-18-7-4-8-20-14(12)18/h10-11H,2-9H2,1H3,(H,15,19). The van der Waals surface area contributed by atoms with E-state index in [1.165, 1.54) is 6.42 Å². The van der Waals surface area contributed by atoms with Gasteiger partial charge in [0.05, 0.1) is 12.8 Å². The number of nitrogens with zero attached hydrogens (tertiary/aromatic N) is 3. The number of amides is 1. The van der Waals surface area contributed by atoms with E-state index in [1.54, 1.807) is 10.9 Å². The smallest absolute Gasteiger partial charge is 0.258 e. The molecule has 20 heavy (non-hydrogen) atoms. The first-order valence-electron chi connectivity index (χ1n) is 7.50. The summed E-state index contributed by atoms with van der Waals surface area (Å²) in [4.78, 5) is 14.7. The molecule has 3 rings (SSSR count). The molecule has 0 saturated carbocycles. The Morgan fingerprint density at radius 3 is 3.25 bits per heavy atom. The molecule has 6 heteroatoms. The maximum Gasteiger partial charge on any atom is 0.258 e. The molecular weight excluding hydrogens is 256 g/mol. The largest absolute Gasteiger partial charge is 0.477 e. The predicted octanol–water partition coefficient (Wildman–Crippen LogP) is 0.880. The van der Waals surface area contributed by atoms with E-state index in [0.717, 1.165) is 32.5 Å². The zero-order chi connectivity index (χ0) is 13.9. The maximum atomic E-state index is 12.3. The van der Waals surface area contributed by atoms with E-state index in [2.05, 4.69) is 22.2 Å². The monoisotopic (exact) mass is 278 g/mol. The number of fused-ring (bicyclic) bond motifs is 1. The number of hydrogen-bond acceptors (Lipinski definition) is 4. The molecule has 1 unspecified atom stereocenters. The van der Waals surface area contributed by atoms with Crippen molar-refractivity contribution in [3.8, 4) is 5.88 Å². The number of carbonyl (C=O) groups is 1. The molecule has 6 nitrogen and oxygen atoms in total. The van der Waals surface area contributed by atoms with E-state index in [4.69, 9.17) is 4.74 Å². The molecule has 0 radical (unpaired) electrons. The van der Waals surface area contributed by atoms with Crippen LogP contribution in [0.1, 0.15) is 36.5 Å². The molecule has 1 aromatic rings. The van der Waals surface area contributed by atoms with E-state index in [9.17, 15) is 4.79 Å².